The van der Waals surface area contributed by atoms with Crippen molar-refractivity contribution in [2.75, 3.05) is 0 Å². The van der Waals surface area contributed by atoms with E-state index in [-0.39, 0.29) is 22.8 Å². The average Bonchev–Trinajstić information content (AvgIpc) is 2.64. The smallest absolute Gasteiger partial charge is 0.272 e. The van der Waals surface area contributed by atoms with E-state index in [9.17, 15) is 4.79 Å². The van der Waals surface area contributed by atoms with Crippen LogP contribution in [0.25, 0.3) is 0 Å². The van der Waals surface area contributed by atoms with E-state index < -0.39 is 0 Å². The predicted octanol–water partition coefficient (Wildman–Crippen LogP) is 4.19. The zero-order valence-electron chi connectivity index (χ0n) is 14.1. The molecule has 1 aromatic heterocycles. The van der Waals surface area contributed by atoms with Gasteiger partial charge in [0.2, 0.25) is 0 Å². The van der Waals surface area contributed by atoms with Crippen molar-refractivity contribution in [2.24, 2.45) is 5.92 Å². The number of hydrogen-bond acceptors (Lipinski definition) is 4. The summed E-state index contributed by atoms with van der Waals surface area (Å²) < 4.78 is 0. The van der Waals surface area contributed by atoms with Gasteiger partial charge in [-0.25, -0.2) is 0 Å². The van der Waals surface area contributed by atoms with Crippen LogP contribution < -0.4 is 5.32 Å². The molecule has 0 aliphatic heterocycles. The summed E-state index contributed by atoms with van der Waals surface area (Å²) in [7, 11) is 0. The van der Waals surface area contributed by atoms with Crippen LogP contribution in [0.15, 0.2) is 30.3 Å². The quantitative estimate of drug-likeness (QED) is 0.851. The Bertz CT molecular complexity index is 824. The Balaban J connectivity index is 1.49. The molecule has 7 heteroatoms. The summed E-state index contributed by atoms with van der Waals surface area (Å²) in [5.41, 5.74) is 1.94. The van der Waals surface area contributed by atoms with Gasteiger partial charge in [0, 0.05) is 6.04 Å². The van der Waals surface area contributed by atoms with E-state index in [0.29, 0.717) is 16.5 Å². The molecule has 1 saturated carbocycles. The lowest BCUT2D eigenvalue weighted by atomic mass is 9.82. The second-order valence-electron chi connectivity index (χ2n) is 6.56. The number of nitriles is 1. The Morgan fingerprint density at radius 1 is 1.15 bits per heavy atom. The van der Waals surface area contributed by atoms with Crippen LogP contribution in [0.3, 0.4) is 0 Å². The maximum absolute atomic E-state index is 12.2. The third kappa shape index (κ3) is 4.72. The van der Waals surface area contributed by atoms with Gasteiger partial charge < -0.3 is 5.32 Å². The molecule has 1 amide bonds. The number of carbonyl (C=O) groups is 1. The van der Waals surface area contributed by atoms with Gasteiger partial charge in [-0.05, 0) is 67.9 Å². The normalized spacial score (nSPS) is 19.6. The first-order valence-corrected chi connectivity index (χ1v) is 9.29. The average molecular weight is 389 g/mol. The van der Waals surface area contributed by atoms with Crippen LogP contribution in [0, 0.1) is 17.2 Å². The Labute approximate surface area is 162 Å². The number of nitrogens with one attached hydrogen (secondary N) is 1. The first-order chi connectivity index (χ1) is 12.5. The van der Waals surface area contributed by atoms with Gasteiger partial charge in [0.05, 0.1) is 10.6 Å². The van der Waals surface area contributed by atoms with Crippen LogP contribution in [-0.4, -0.2) is 22.1 Å². The van der Waals surface area contributed by atoms with Gasteiger partial charge in [-0.15, -0.1) is 10.2 Å². The summed E-state index contributed by atoms with van der Waals surface area (Å²) in [4.78, 5) is 12.2. The SMILES string of the molecule is N#Cc1ccc(CC2CCC(NC(=O)c3ccc(Cl)nn3)CC2)cc1Cl. The summed E-state index contributed by atoms with van der Waals surface area (Å²) >= 11 is 11.8. The third-order valence-electron chi connectivity index (χ3n) is 4.72. The molecule has 0 spiro atoms. The number of hydrogen-bond donors (Lipinski definition) is 1. The van der Waals surface area contributed by atoms with Crippen molar-refractivity contribution < 1.29 is 4.79 Å². The maximum atomic E-state index is 12.2. The molecule has 1 aliphatic rings. The molecule has 26 heavy (non-hydrogen) atoms. The van der Waals surface area contributed by atoms with Crippen LogP contribution in [0.4, 0.5) is 0 Å². The first-order valence-electron chi connectivity index (χ1n) is 8.54. The lowest BCUT2D eigenvalue weighted by molar-refractivity contribution is 0.0915. The Morgan fingerprint density at radius 3 is 2.54 bits per heavy atom. The molecule has 3 rings (SSSR count). The summed E-state index contributed by atoms with van der Waals surface area (Å²) in [5.74, 6) is 0.346. The highest BCUT2D eigenvalue weighted by molar-refractivity contribution is 6.31. The first kappa shape index (κ1) is 18.6. The molecule has 0 atom stereocenters. The minimum Gasteiger partial charge on any atom is -0.348 e. The highest BCUT2D eigenvalue weighted by atomic mass is 35.5. The number of carbonyl (C=O) groups excluding carboxylic acids is 1. The van der Waals surface area contributed by atoms with Crippen LogP contribution in [0.2, 0.25) is 10.2 Å². The van der Waals surface area contributed by atoms with E-state index in [0.717, 1.165) is 37.7 Å². The van der Waals surface area contributed by atoms with Gasteiger partial charge in [0.1, 0.15) is 6.07 Å². The fourth-order valence-electron chi connectivity index (χ4n) is 3.32. The van der Waals surface area contributed by atoms with Gasteiger partial charge in [-0.2, -0.15) is 5.26 Å². The van der Waals surface area contributed by atoms with E-state index in [4.69, 9.17) is 28.5 Å². The second-order valence-corrected chi connectivity index (χ2v) is 7.36. The van der Waals surface area contributed by atoms with Crippen LogP contribution in [0.5, 0.6) is 0 Å². The Hall–Kier alpha value is -2.16. The summed E-state index contributed by atoms with van der Waals surface area (Å²) in [6.07, 6.45) is 4.88. The van der Waals surface area contributed by atoms with Gasteiger partial charge in [0.15, 0.2) is 10.8 Å². The number of nitrogens with zero attached hydrogens (tertiary/aromatic N) is 3. The molecular weight excluding hydrogens is 371 g/mol. The van der Waals surface area contributed by atoms with Crippen molar-refractivity contribution in [1.82, 2.24) is 15.5 Å². The topological polar surface area (TPSA) is 78.7 Å². The molecule has 0 radical (unpaired) electrons. The van der Waals surface area contributed by atoms with Crippen LogP contribution in [0.1, 0.15) is 47.3 Å². The van der Waals surface area contributed by atoms with Gasteiger partial charge in [-0.3, -0.25) is 4.79 Å². The van der Waals surface area contributed by atoms with Gasteiger partial charge in [0.25, 0.3) is 5.91 Å². The van der Waals surface area contributed by atoms with Gasteiger partial charge in [-0.1, -0.05) is 29.3 Å². The van der Waals surface area contributed by atoms with E-state index in [1.54, 1.807) is 18.2 Å². The molecule has 5 nitrogen and oxygen atoms in total. The Morgan fingerprint density at radius 2 is 1.92 bits per heavy atom. The number of halogens is 2. The van der Waals surface area contributed by atoms with Crippen molar-refractivity contribution in [3.05, 3.63) is 57.3 Å². The minimum absolute atomic E-state index is 0.154. The fraction of sp³-hybridized carbons (Fsp3) is 0.368. The molecule has 1 heterocycles. The highest BCUT2D eigenvalue weighted by Crippen LogP contribution is 2.29. The summed E-state index contributed by atoms with van der Waals surface area (Å²) in [6, 6.07) is 11.0. The molecule has 0 unspecified atom stereocenters. The lowest BCUT2D eigenvalue weighted by Crippen LogP contribution is -2.38. The molecule has 1 aliphatic carbocycles. The fourth-order valence-corrected chi connectivity index (χ4v) is 3.66. The molecule has 2 aromatic rings. The molecule has 0 bridgehead atoms. The van der Waals surface area contributed by atoms with Crippen molar-refractivity contribution in [3.63, 3.8) is 0 Å². The van der Waals surface area contributed by atoms with Crippen molar-refractivity contribution in [3.8, 4) is 6.07 Å². The van der Waals surface area contributed by atoms with E-state index in [2.05, 4.69) is 21.6 Å². The predicted molar refractivity (Wildman–Crippen MR) is 100 cm³/mol. The number of amides is 1. The summed E-state index contributed by atoms with van der Waals surface area (Å²) in [5, 5.41) is 20.2. The second kappa shape index (κ2) is 8.48. The molecular formula is C19H18Cl2N4O. The third-order valence-corrected chi connectivity index (χ3v) is 5.24. The molecule has 1 fully saturated rings. The van der Waals surface area contributed by atoms with Crippen molar-refractivity contribution in [2.45, 2.75) is 38.1 Å². The van der Waals surface area contributed by atoms with E-state index >= 15 is 0 Å². The molecule has 1 aromatic carbocycles. The highest BCUT2D eigenvalue weighted by Gasteiger charge is 2.23. The van der Waals surface area contributed by atoms with Crippen LogP contribution >= 0.6 is 23.2 Å². The zero-order valence-corrected chi connectivity index (χ0v) is 15.6. The number of benzene rings is 1. The monoisotopic (exact) mass is 388 g/mol. The molecule has 0 saturated heterocycles. The molecule has 1 N–H and O–H groups in total. The lowest BCUT2D eigenvalue weighted by Gasteiger charge is -2.29. The van der Waals surface area contributed by atoms with Gasteiger partial charge >= 0.3 is 0 Å². The number of aromatic nitrogens is 2. The van der Waals surface area contributed by atoms with E-state index in [1.165, 1.54) is 0 Å². The number of rotatable bonds is 4. The van der Waals surface area contributed by atoms with Crippen molar-refractivity contribution >= 4 is 29.1 Å². The van der Waals surface area contributed by atoms with E-state index in [1.807, 2.05) is 12.1 Å². The standard InChI is InChI=1S/C19H18Cl2N4O/c20-16-10-13(1-4-14(16)11-22)9-12-2-5-15(6-3-12)23-19(26)17-7-8-18(21)25-24-17/h1,4,7-8,10,12,15H,2-3,5-6,9H2,(H,23,26). The maximum Gasteiger partial charge on any atom is 0.272 e. The Kier molecular flexibility index (Phi) is 6.08. The minimum atomic E-state index is -0.212. The molecule has 134 valence electrons. The van der Waals surface area contributed by atoms with Crippen LogP contribution in [-0.2, 0) is 6.42 Å². The zero-order chi connectivity index (χ0) is 18.5. The van der Waals surface area contributed by atoms with Crippen molar-refractivity contribution in [1.29, 1.82) is 5.26 Å². The summed E-state index contributed by atoms with van der Waals surface area (Å²) in [6.45, 7) is 0. The largest absolute Gasteiger partial charge is 0.348 e.